The van der Waals surface area contributed by atoms with Crippen LogP contribution in [0.2, 0.25) is 0 Å². The second kappa shape index (κ2) is 6.71. The van der Waals surface area contributed by atoms with Crippen molar-refractivity contribution in [1.82, 2.24) is 14.7 Å². The molecule has 0 radical (unpaired) electrons. The normalized spacial score (nSPS) is 18.9. The van der Waals surface area contributed by atoms with Gasteiger partial charge < -0.3 is 14.7 Å². The van der Waals surface area contributed by atoms with Crippen LogP contribution in [0.5, 0.6) is 0 Å². The van der Waals surface area contributed by atoms with E-state index in [4.69, 9.17) is 0 Å². The van der Waals surface area contributed by atoms with Crippen molar-refractivity contribution in [3.8, 4) is 0 Å². The van der Waals surface area contributed by atoms with Crippen molar-refractivity contribution in [3.05, 3.63) is 0 Å². The number of carbonyl (C=O) groups excluding carboxylic acids is 1. The topological polar surface area (TPSA) is 26.8 Å². The predicted molar refractivity (Wildman–Crippen MR) is 80.2 cm³/mol. The van der Waals surface area contributed by atoms with Crippen molar-refractivity contribution < 1.29 is 4.79 Å². The van der Waals surface area contributed by atoms with E-state index >= 15 is 0 Å². The second-order valence-corrected chi connectivity index (χ2v) is 7.09. The van der Waals surface area contributed by atoms with Gasteiger partial charge >= 0.3 is 0 Å². The Morgan fingerprint density at radius 1 is 1.16 bits per heavy atom. The van der Waals surface area contributed by atoms with Crippen LogP contribution in [-0.4, -0.2) is 74.0 Å². The van der Waals surface area contributed by atoms with Crippen LogP contribution in [0.1, 0.15) is 33.6 Å². The first kappa shape index (κ1) is 16.4. The molecule has 112 valence electrons. The van der Waals surface area contributed by atoms with E-state index in [1.54, 1.807) is 0 Å². The Kier molecular flexibility index (Phi) is 5.81. The third-order valence-corrected chi connectivity index (χ3v) is 3.82. The lowest BCUT2D eigenvalue weighted by Gasteiger charge is -2.40. The average Bonchev–Trinajstić information content (AvgIpc) is 2.29. The van der Waals surface area contributed by atoms with Gasteiger partial charge in [-0.3, -0.25) is 4.79 Å². The highest BCUT2D eigenvalue weighted by atomic mass is 16.2. The lowest BCUT2D eigenvalue weighted by atomic mass is 9.92. The van der Waals surface area contributed by atoms with Gasteiger partial charge in [-0.2, -0.15) is 0 Å². The maximum absolute atomic E-state index is 12.7. The number of likely N-dealkylation sites (tertiary alicyclic amines) is 1. The van der Waals surface area contributed by atoms with E-state index < -0.39 is 0 Å². The van der Waals surface area contributed by atoms with E-state index in [9.17, 15) is 4.79 Å². The van der Waals surface area contributed by atoms with Gasteiger partial charge in [-0.05, 0) is 47.1 Å². The molecule has 0 N–H and O–H groups in total. The summed E-state index contributed by atoms with van der Waals surface area (Å²) in [7, 11) is 6.29. The molecule has 0 aromatic heterocycles. The maximum Gasteiger partial charge on any atom is 0.228 e. The molecule has 4 heteroatoms. The molecule has 1 aliphatic heterocycles. The summed E-state index contributed by atoms with van der Waals surface area (Å²) in [5.74, 6) is 0.295. The van der Waals surface area contributed by atoms with E-state index in [2.05, 4.69) is 35.8 Å². The highest BCUT2D eigenvalue weighted by Gasteiger charge is 2.33. The van der Waals surface area contributed by atoms with E-state index in [1.165, 1.54) is 0 Å². The summed E-state index contributed by atoms with van der Waals surface area (Å²) in [6.45, 7) is 10.0. The fraction of sp³-hybridized carbons (Fsp3) is 0.933. The van der Waals surface area contributed by atoms with Crippen LogP contribution >= 0.6 is 0 Å². The zero-order valence-corrected chi connectivity index (χ0v) is 13.6. The fourth-order valence-electron chi connectivity index (χ4n) is 2.50. The standard InChI is InChI=1S/C15H31N3O/c1-15(2,3)14(19)18(12-11-16(4)5)13-7-9-17(6)10-8-13/h13H,7-12H2,1-6H3. The molecular formula is C15H31N3O. The van der Waals surface area contributed by atoms with Crippen LogP contribution in [0, 0.1) is 5.41 Å². The molecule has 0 aromatic carbocycles. The third kappa shape index (κ3) is 5.11. The SMILES string of the molecule is CN(C)CCN(C(=O)C(C)(C)C)C1CCN(C)CC1. The number of nitrogens with zero attached hydrogens (tertiary/aromatic N) is 3. The number of piperidine rings is 1. The largest absolute Gasteiger partial charge is 0.338 e. The molecule has 1 saturated heterocycles. The number of rotatable bonds is 4. The fourth-order valence-corrected chi connectivity index (χ4v) is 2.50. The van der Waals surface area contributed by atoms with Crippen molar-refractivity contribution in [2.24, 2.45) is 5.41 Å². The highest BCUT2D eigenvalue weighted by Crippen LogP contribution is 2.23. The number of carbonyl (C=O) groups is 1. The van der Waals surface area contributed by atoms with Crippen LogP contribution in [-0.2, 0) is 4.79 Å². The first-order valence-corrected chi connectivity index (χ1v) is 7.36. The number of hydrogen-bond acceptors (Lipinski definition) is 3. The van der Waals surface area contributed by atoms with Crippen molar-refractivity contribution in [2.75, 3.05) is 47.3 Å². The lowest BCUT2D eigenvalue weighted by Crippen LogP contribution is -2.51. The zero-order chi connectivity index (χ0) is 14.6. The molecule has 1 aliphatic rings. The van der Waals surface area contributed by atoms with Gasteiger partial charge in [-0.15, -0.1) is 0 Å². The minimum absolute atomic E-state index is 0.282. The molecule has 0 unspecified atom stereocenters. The van der Waals surface area contributed by atoms with Crippen molar-refractivity contribution in [2.45, 2.75) is 39.7 Å². The minimum atomic E-state index is -0.282. The van der Waals surface area contributed by atoms with Crippen LogP contribution in [0.25, 0.3) is 0 Å². The third-order valence-electron chi connectivity index (χ3n) is 3.82. The molecule has 1 rings (SSSR count). The van der Waals surface area contributed by atoms with Crippen molar-refractivity contribution in [1.29, 1.82) is 0 Å². The molecule has 0 spiro atoms. The number of hydrogen-bond donors (Lipinski definition) is 0. The van der Waals surface area contributed by atoms with E-state index in [-0.39, 0.29) is 5.41 Å². The summed E-state index contributed by atoms with van der Waals surface area (Å²) >= 11 is 0. The van der Waals surface area contributed by atoms with Gasteiger partial charge in [-0.25, -0.2) is 0 Å². The Hall–Kier alpha value is -0.610. The van der Waals surface area contributed by atoms with Gasteiger partial charge in [0.1, 0.15) is 0 Å². The monoisotopic (exact) mass is 269 g/mol. The average molecular weight is 269 g/mol. The van der Waals surface area contributed by atoms with Gasteiger partial charge in [0.15, 0.2) is 0 Å². The Morgan fingerprint density at radius 3 is 2.11 bits per heavy atom. The smallest absolute Gasteiger partial charge is 0.228 e. The predicted octanol–water partition coefficient (Wildman–Crippen LogP) is 1.52. The summed E-state index contributed by atoms with van der Waals surface area (Å²) < 4.78 is 0. The van der Waals surface area contributed by atoms with Gasteiger partial charge in [0.05, 0.1) is 0 Å². The van der Waals surface area contributed by atoms with E-state index in [0.29, 0.717) is 11.9 Å². The van der Waals surface area contributed by atoms with Crippen molar-refractivity contribution >= 4 is 5.91 Å². The summed E-state index contributed by atoms with van der Waals surface area (Å²) in [4.78, 5) is 19.3. The molecule has 0 aromatic rings. The van der Waals surface area contributed by atoms with Gasteiger partial charge in [0, 0.05) is 24.5 Å². The van der Waals surface area contributed by atoms with E-state index in [0.717, 1.165) is 39.0 Å². The summed E-state index contributed by atoms with van der Waals surface area (Å²) in [6.07, 6.45) is 2.21. The number of likely N-dealkylation sites (N-methyl/N-ethyl adjacent to an activating group) is 1. The van der Waals surface area contributed by atoms with Crippen LogP contribution in [0.3, 0.4) is 0 Å². The van der Waals surface area contributed by atoms with Gasteiger partial charge in [0.25, 0.3) is 0 Å². The van der Waals surface area contributed by atoms with E-state index in [1.807, 2.05) is 20.8 Å². The molecule has 0 bridgehead atoms. The highest BCUT2D eigenvalue weighted by molar-refractivity contribution is 5.81. The van der Waals surface area contributed by atoms with Gasteiger partial charge in [0.2, 0.25) is 5.91 Å². The van der Waals surface area contributed by atoms with Crippen LogP contribution in [0.4, 0.5) is 0 Å². The minimum Gasteiger partial charge on any atom is -0.338 e. The number of amides is 1. The first-order valence-electron chi connectivity index (χ1n) is 7.36. The molecule has 0 saturated carbocycles. The van der Waals surface area contributed by atoms with Crippen LogP contribution < -0.4 is 0 Å². The summed E-state index contributed by atoms with van der Waals surface area (Å²) in [5, 5.41) is 0. The Bertz CT molecular complexity index is 288. The molecular weight excluding hydrogens is 238 g/mol. The Morgan fingerprint density at radius 2 is 1.68 bits per heavy atom. The molecule has 4 nitrogen and oxygen atoms in total. The summed E-state index contributed by atoms with van der Waals surface area (Å²) in [6, 6.07) is 0.419. The molecule has 0 atom stereocenters. The molecule has 0 aliphatic carbocycles. The quantitative estimate of drug-likeness (QED) is 0.774. The van der Waals surface area contributed by atoms with Gasteiger partial charge in [-0.1, -0.05) is 20.8 Å². The van der Waals surface area contributed by atoms with Crippen LogP contribution in [0.15, 0.2) is 0 Å². The maximum atomic E-state index is 12.7. The Balaban J connectivity index is 2.71. The summed E-state index contributed by atoms with van der Waals surface area (Å²) in [5.41, 5.74) is -0.282. The van der Waals surface area contributed by atoms with Crippen molar-refractivity contribution in [3.63, 3.8) is 0 Å². The Labute approximate surface area is 118 Å². The molecule has 19 heavy (non-hydrogen) atoms. The first-order chi connectivity index (χ1) is 8.71. The molecule has 1 amide bonds. The second-order valence-electron chi connectivity index (χ2n) is 7.09. The lowest BCUT2D eigenvalue weighted by molar-refractivity contribution is -0.143. The molecule has 1 fully saturated rings. The molecule has 1 heterocycles. The zero-order valence-electron chi connectivity index (χ0n) is 13.6.